The van der Waals surface area contributed by atoms with Gasteiger partial charge in [-0.25, -0.2) is 4.79 Å². The molecule has 1 amide bonds. The first-order valence-corrected chi connectivity index (χ1v) is 6.26. The molecule has 0 saturated heterocycles. The predicted octanol–water partition coefficient (Wildman–Crippen LogP) is 3.60. The number of rotatable bonds is 3. The maximum absolute atomic E-state index is 12.1. The van der Waals surface area contributed by atoms with Crippen molar-refractivity contribution in [1.29, 1.82) is 0 Å². The average Bonchev–Trinajstić information content (AvgIpc) is 2.38. The van der Waals surface area contributed by atoms with E-state index in [2.05, 4.69) is 5.32 Å². The summed E-state index contributed by atoms with van der Waals surface area (Å²) in [5, 5.41) is 11.9. The van der Waals surface area contributed by atoms with E-state index in [4.69, 9.17) is 16.7 Å². The third kappa shape index (κ3) is 3.16. The SMILES string of the molecule is Cc1ccc(C(=O)Nc2cccc(C(=O)O)c2)c(Cl)c1. The van der Waals surface area contributed by atoms with Crippen LogP contribution in [0.25, 0.3) is 0 Å². The number of anilines is 1. The smallest absolute Gasteiger partial charge is 0.335 e. The van der Waals surface area contributed by atoms with Gasteiger partial charge in [-0.3, -0.25) is 4.79 Å². The molecule has 2 aromatic carbocycles. The first-order chi connectivity index (χ1) is 9.47. The fourth-order valence-electron chi connectivity index (χ4n) is 1.73. The Kier molecular flexibility index (Phi) is 4.05. The lowest BCUT2D eigenvalue weighted by Crippen LogP contribution is -2.13. The molecule has 0 atom stereocenters. The van der Waals surface area contributed by atoms with Gasteiger partial charge in [-0.1, -0.05) is 23.7 Å². The summed E-state index contributed by atoms with van der Waals surface area (Å²) in [6.45, 7) is 1.88. The van der Waals surface area contributed by atoms with Gasteiger partial charge in [0.1, 0.15) is 0 Å². The largest absolute Gasteiger partial charge is 0.478 e. The molecule has 0 heterocycles. The van der Waals surface area contributed by atoms with E-state index in [9.17, 15) is 9.59 Å². The monoisotopic (exact) mass is 289 g/mol. The summed E-state index contributed by atoms with van der Waals surface area (Å²) in [7, 11) is 0. The highest BCUT2D eigenvalue weighted by Crippen LogP contribution is 2.19. The average molecular weight is 290 g/mol. The van der Waals surface area contributed by atoms with Gasteiger partial charge in [0.05, 0.1) is 16.1 Å². The van der Waals surface area contributed by atoms with Gasteiger partial charge >= 0.3 is 5.97 Å². The van der Waals surface area contributed by atoms with Crippen molar-refractivity contribution in [2.24, 2.45) is 0 Å². The number of benzene rings is 2. The maximum atomic E-state index is 12.1. The second-order valence-corrected chi connectivity index (χ2v) is 4.73. The fraction of sp³-hybridized carbons (Fsp3) is 0.0667. The van der Waals surface area contributed by atoms with Crippen LogP contribution < -0.4 is 5.32 Å². The zero-order valence-corrected chi connectivity index (χ0v) is 11.4. The van der Waals surface area contributed by atoms with Crippen LogP contribution in [-0.4, -0.2) is 17.0 Å². The highest BCUT2D eigenvalue weighted by molar-refractivity contribution is 6.34. The Morgan fingerprint density at radius 3 is 2.55 bits per heavy atom. The van der Waals surface area contributed by atoms with Crippen molar-refractivity contribution in [2.75, 3.05) is 5.32 Å². The minimum Gasteiger partial charge on any atom is -0.478 e. The summed E-state index contributed by atoms with van der Waals surface area (Å²) in [4.78, 5) is 23.0. The van der Waals surface area contributed by atoms with Crippen molar-refractivity contribution in [1.82, 2.24) is 0 Å². The summed E-state index contributed by atoms with van der Waals surface area (Å²) in [5.74, 6) is -1.42. The number of amides is 1. The minimum atomic E-state index is -1.05. The van der Waals surface area contributed by atoms with Crippen LogP contribution in [0.5, 0.6) is 0 Å². The lowest BCUT2D eigenvalue weighted by atomic mass is 10.1. The van der Waals surface area contributed by atoms with Crippen molar-refractivity contribution >= 4 is 29.2 Å². The minimum absolute atomic E-state index is 0.109. The third-order valence-corrected chi connectivity index (χ3v) is 3.05. The Hall–Kier alpha value is -2.33. The molecule has 0 saturated carbocycles. The molecule has 0 aliphatic carbocycles. The van der Waals surface area contributed by atoms with E-state index in [1.807, 2.05) is 6.92 Å². The molecule has 2 rings (SSSR count). The van der Waals surface area contributed by atoms with Gasteiger partial charge in [-0.05, 0) is 42.8 Å². The normalized spacial score (nSPS) is 10.1. The van der Waals surface area contributed by atoms with Gasteiger partial charge in [0.15, 0.2) is 0 Å². The van der Waals surface area contributed by atoms with Crippen molar-refractivity contribution < 1.29 is 14.7 Å². The Morgan fingerprint density at radius 2 is 1.90 bits per heavy atom. The zero-order chi connectivity index (χ0) is 14.7. The highest BCUT2D eigenvalue weighted by atomic mass is 35.5. The summed E-state index contributed by atoms with van der Waals surface area (Å²) < 4.78 is 0. The lowest BCUT2D eigenvalue weighted by molar-refractivity contribution is 0.0696. The highest BCUT2D eigenvalue weighted by Gasteiger charge is 2.11. The van der Waals surface area contributed by atoms with E-state index in [1.54, 1.807) is 30.3 Å². The van der Waals surface area contributed by atoms with Crippen LogP contribution in [-0.2, 0) is 0 Å². The van der Waals surface area contributed by atoms with Crippen LogP contribution in [0, 0.1) is 6.92 Å². The molecule has 2 aromatic rings. The third-order valence-electron chi connectivity index (χ3n) is 2.74. The Bertz CT molecular complexity index is 683. The number of hydrogen-bond acceptors (Lipinski definition) is 2. The van der Waals surface area contributed by atoms with Crippen LogP contribution >= 0.6 is 11.6 Å². The lowest BCUT2D eigenvalue weighted by Gasteiger charge is -2.08. The van der Waals surface area contributed by atoms with Gasteiger partial charge in [0, 0.05) is 5.69 Å². The van der Waals surface area contributed by atoms with E-state index in [-0.39, 0.29) is 11.5 Å². The Morgan fingerprint density at radius 1 is 1.15 bits per heavy atom. The number of carbonyl (C=O) groups is 2. The molecular weight excluding hydrogens is 278 g/mol. The topological polar surface area (TPSA) is 66.4 Å². The second-order valence-electron chi connectivity index (χ2n) is 4.32. The summed E-state index contributed by atoms with van der Waals surface area (Å²) in [5.41, 5.74) is 1.82. The molecule has 0 fully saturated rings. The van der Waals surface area contributed by atoms with Crippen LogP contribution in [0.4, 0.5) is 5.69 Å². The van der Waals surface area contributed by atoms with Crippen LogP contribution in [0.2, 0.25) is 5.02 Å². The Balaban J connectivity index is 2.23. The molecule has 20 heavy (non-hydrogen) atoms. The standard InChI is InChI=1S/C15H12ClNO3/c1-9-5-6-12(13(16)7-9)14(18)17-11-4-2-3-10(8-11)15(19)20/h2-8H,1H3,(H,17,18)(H,19,20). The molecule has 0 aliphatic heterocycles. The molecule has 102 valence electrons. The number of aryl methyl sites for hydroxylation is 1. The number of carbonyl (C=O) groups excluding carboxylic acids is 1. The first kappa shape index (κ1) is 14.1. The quantitative estimate of drug-likeness (QED) is 0.907. The molecule has 0 aliphatic rings. The van der Waals surface area contributed by atoms with Gasteiger partial charge in [-0.2, -0.15) is 0 Å². The second kappa shape index (κ2) is 5.75. The van der Waals surface area contributed by atoms with Crippen molar-refractivity contribution in [3.05, 3.63) is 64.2 Å². The zero-order valence-electron chi connectivity index (χ0n) is 10.7. The van der Waals surface area contributed by atoms with Crippen molar-refractivity contribution in [3.8, 4) is 0 Å². The van der Waals surface area contributed by atoms with Crippen LogP contribution in [0.3, 0.4) is 0 Å². The number of carboxylic acid groups (broad SMARTS) is 1. The fourth-order valence-corrected chi connectivity index (χ4v) is 2.05. The van der Waals surface area contributed by atoms with E-state index < -0.39 is 5.97 Å². The molecule has 0 bridgehead atoms. The maximum Gasteiger partial charge on any atom is 0.335 e. The van der Waals surface area contributed by atoms with E-state index in [1.165, 1.54) is 12.1 Å². The van der Waals surface area contributed by atoms with Gasteiger partial charge in [0.25, 0.3) is 5.91 Å². The van der Waals surface area contributed by atoms with Crippen LogP contribution in [0.1, 0.15) is 26.3 Å². The van der Waals surface area contributed by atoms with Gasteiger partial charge in [0.2, 0.25) is 0 Å². The molecular formula is C15H12ClNO3. The Labute approximate surface area is 121 Å². The van der Waals surface area contributed by atoms with Crippen molar-refractivity contribution in [2.45, 2.75) is 6.92 Å². The number of carboxylic acids is 1. The number of nitrogens with one attached hydrogen (secondary N) is 1. The summed E-state index contributed by atoms with van der Waals surface area (Å²) in [6, 6.07) is 11.1. The molecule has 0 aromatic heterocycles. The summed E-state index contributed by atoms with van der Waals surface area (Å²) >= 11 is 6.02. The number of halogens is 1. The summed E-state index contributed by atoms with van der Waals surface area (Å²) in [6.07, 6.45) is 0. The molecule has 2 N–H and O–H groups in total. The van der Waals surface area contributed by atoms with E-state index in [0.29, 0.717) is 16.3 Å². The van der Waals surface area contributed by atoms with Gasteiger partial charge < -0.3 is 10.4 Å². The molecule has 5 heteroatoms. The number of aromatic carboxylic acids is 1. The van der Waals surface area contributed by atoms with Crippen molar-refractivity contribution in [3.63, 3.8) is 0 Å². The molecule has 0 unspecified atom stereocenters. The molecule has 0 radical (unpaired) electrons. The molecule has 0 spiro atoms. The van der Waals surface area contributed by atoms with E-state index in [0.717, 1.165) is 5.56 Å². The van der Waals surface area contributed by atoms with E-state index >= 15 is 0 Å². The van der Waals surface area contributed by atoms with Gasteiger partial charge in [-0.15, -0.1) is 0 Å². The van der Waals surface area contributed by atoms with Crippen LogP contribution in [0.15, 0.2) is 42.5 Å². The predicted molar refractivity (Wildman–Crippen MR) is 77.5 cm³/mol. The first-order valence-electron chi connectivity index (χ1n) is 5.88. The number of hydrogen-bond donors (Lipinski definition) is 2. The molecule has 4 nitrogen and oxygen atoms in total.